The van der Waals surface area contributed by atoms with Crippen LogP contribution in [0.15, 0.2) is 0 Å². The average Bonchev–Trinajstić information content (AvgIpc) is 2.91. The van der Waals surface area contributed by atoms with Crippen molar-refractivity contribution < 1.29 is 9.59 Å². The van der Waals surface area contributed by atoms with Crippen LogP contribution in [0.2, 0.25) is 0 Å². The van der Waals surface area contributed by atoms with Gasteiger partial charge in [0.25, 0.3) is 0 Å². The van der Waals surface area contributed by atoms with E-state index in [1.54, 1.807) is 11.8 Å². The lowest BCUT2D eigenvalue weighted by Gasteiger charge is -2.35. The molecule has 9 heteroatoms. The van der Waals surface area contributed by atoms with E-state index in [9.17, 15) is 9.59 Å². The number of piperazine rings is 1. The Bertz CT molecular complexity index is 360. The van der Waals surface area contributed by atoms with Gasteiger partial charge in [-0.05, 0) is 13.8 Å². The molecule has 2 aliphatic heterocycles. The Morgan fingerprint density at radius 2 is 1.86 bits per heavy atom. The van der Waals surface area contributed by atoms with Crippen LogP contribution in [-0.2, 0) is 9.59 Å². The number of hydrogen-bond acceptors (Lipinski definition) is 5. The van der Waals surface area contributed by atoms with Crippen molar-refractivity contribution in [1.82, 2.24) is 20.4 Å². The van der Waals surface area contributed by atoms with Crippen LogP contribution in [-0.4, -0.2) is 78.1 Å². The first-order valence-corrected chi connectivity index (χ1v) is 8.33. The molecule has 2 N–H and O–H groups in total. The highest BCUT2D eigenvalue weighted by molar-refractivity contribution is 7.99. The summed E-state index contributed by atoms with van der Waals surface area (Å²) in [5.41, 5.74) is 0. The molecule has 0 saturated carbocycles. The van der Waals surface area contributed by atoms with E-state index in [1.807, 2.05) is 18.7 Å². The number of carbonyl (C=O) groups is 2. The van der Waals surface area contributed by atoms with Crippen LogP contribution >= 0.6 is 36.6 Å². The number of halogens is 2. The maximum absolute atomic E-state index is 12.2. The molecule has 2 rings (SSSR count). The summed E-state index contributed by atoms with van der Waals surface area (Å²) in [6.07, 6.45) is 0. The molecule has 130 valence electrons. The number of rotatable bonds is 4. The topological polar surface area (TPSA) is 64.7 Å². The molecule has 2 fully saturated rings. The number of carbonyl (C=O) groups excluding carboxylic acids is 2. The van der Waals surface area contributed by atoms with Gasteiger partial charge in [0.2, 0.25) is 11.8 Å². The van der Waals surface area contributed by atoms with Gasteiger partial charge in [-0.3, -0.25) is 19.8 Å². The molecule has 0 bridgehead atoms. The second-order valence-corrected chi connectivity index (χ2v) is 6.63. The first kappa shape index (κ1) is 21.8. The molecule has 2 heterocycles. The average molecular weight is 373 g/mol. The number of hydrogen-bond donors (Lipinski definition) is 2. The van der Waals surface area contributed by atoms with Gasteiger partial charge in [-0.2, -0.15) is 0 Å². The Morgan fingerprint density at radius 3 is 2.36 bits per heavy atom. The minimum Gasteiger partial charge on any atom is -0.353 e. The van der Waals surface area contributed by atoms with E-state index >= 15 is 0 Å². The van der Waals surface area contributed by atoms with Crippen molar-refractivity contribution in [3.05, 3.63) is 0 Å². The van der Waals surface area contributed by atoms with E-state index in [0.717, 1.165) is 37.8 Å². The molecule has 22 heavy (non-hydrogen) atoms. The summed E-state index contributed by atoms with van der Waals surface area (Å²) in [4.78, 5) is 28.0. The second-order valence-electron chi connectivity index (χ2n) is 5.60. The smallest absolute Gasteiger partial charge is 0.240 e. The first-order chi connectivity index (χ1) is 9.56. The van der Waals surface area contributed by atoms with Crippen LogP contribution in [0.25, 0.3) is 0 Å². The lowest BCUT2D eigenvalue weighted by atomic mass is 10.2. The Labute approximate surface area is 148 Å². The third-order valence-electron chi connectivity index (χ3n) is 3.52. The maximum Gasteiger partial charge on any atom is 0.240 e. The summed E-state index contributed by atoms with van der Waals surface area (Å²) >= 11 is 1.77. The molecule has 0 radical (unpaired) electrons. The predicted molar refractivity (Wildman–Crippen MR) is 95.0 cm³/mol. The number of nitrogens with zero attached hydrogens (tertiary/aromatic N) is 2. The zero-order valence-corrected chi connectivity index (χ0v) is 15.5. The zero-order chi connectivity index (χ0) is 14.5. The molecule has 1 atom stereocenters. The van der Waals surface area contributed by atoms with Crippen molar-refractivity contribution in [3.63, 3.8) is 0 Å². The van der Waals surface area contributed by atoms with Crippen molar-refractivity contribution in [1.29, 1.82) is 0 Å². The Hall–Kier alpha value is -0.210. The fourth-order valence-electron chi connectivity index (χ4n) is 2.47. The number of amides is 2. The molecule has 0 aromatic rings. The fourth-order valence-corrected chi connectivity index (χ4v) is 3.40. The summed E-state index contributed by atoms with van der Waals surface area (Å²) in [7, 11) is 0. The quantitative estimate of drug-likeness (QED) is 0.735. The van der Waals surface area contributed by atoms with Crippen LogP contribution in [0.3, 0.4) is 0 Å². The third-order valence-corrected chi connectivity index (χ3v) is 4.46. The van der Waals surface area contributed by atoms with Gasteiger partial charge in [0, 0.05) is 43.9 Å². The number of thioether (sulfide) groups is 1. The van der Waals surface area contributed by atoms with Crippen molar-refractivity contribution in [3.8, 4) is 0 Å². The Morgan fingerprint density at radius 1 is 1.23 bits per heavy atom. The van der Waals surface area contributed by atoms with E-state index in [4.69, 9.17) is 0 Å². The Balaban J connectivity index is 0.00000220. The highest BCUT2D eigenvalue weighted by Crippen LogP contribution is 2.13. The summed E-state index contributed by atoms with van der Waals surface area (Å²) in [5.74, 6) is 2.01. The summed E-state index contributed by atoms with van der Waals surface area (Å²) in [6, 6.07) is 0.159. The molecule has 2 aliphatic rings. The SMILES string of the molecule is CC(C)NC(=O)CN1CCN(C(=O)C2CSCN2)CC1.Cl.Cl. The molecule has 0 aliphatic carbocycles. The van der Waals surface area contributed by atoms with Gasteiger partial charge in [0.1, 0.15) is 0 Å². The molecule has 0 spiro atoms. The van der Waals surface area contributed by atoms with Gasteiger partial charge >= 0.3 is 0 Å². The van der Waals surface area contributed by atoms with Gasteiger partial charge in [0.15, 0.2) is 0 Å². The minimum absolute atomic E-state index is 0. The highest BCUT2D eigenvalue weighted by atomic mass is 35.5. The van der Waals surface area contributed by atoms with Crippen molar-refractivity contribution in [2.75, 3.05) is 44.4 Å². The van der Waals surface area contributed by atoms with Crippen molar-refractivity contribution in [2.45, 2.75) is 25.9 Å². The normalized spacial score (nSPS) is 22.0. The summed E-state index contributed by atoms with van der Waals surface area (Å²) in [5, 5.41) is 6.11. The molecular weight excluding hydrogens is 347 g/mol. The van der Waals surface area contributed by atoms with Gasteiger partial charge < -0.3 is 10.2 Å². The molecule has 2 saturated heterocycles. The van der Waals surface area contributed by atoms with Crippen LogP contribution < -0.4 is 10.6 Å². The standard InChI is InChI=1S/C13H24N4O2S.2ClH/c1-10(2)15-12(18)7-16-3-5-17(6-4-16)13(19)11-8-20-9-14-11;;/h10-11,14H,3-9H2,1-2H3,(H,15,18);2*1H. The zero-order valence-electron chi connectivity index (χ0n) is 13.0. The second kappa shape index (κ2) is 10.5. The van der Waals surface area contributed by atoms with E-state index < -0.39 is 0 Å². The largest absolute Gasteiger partial charge is 0.353 e. The van der Waals surface area contributed by atoms with Crippen LogP contribution in [0.1, 0.15) is 13.8 Å². The molecule has 2 amide bonds. The third kappa shape index (κ3) is 6.50. The van der Waals surface area contributed by atoms with E-state index in [-0.39, 0.29) is 48.7 Å². The van der Waals surface area contributed by atoms with Gasteiger partial charge in [-0.15, -0.1) is 36.6 Å². The van der Waals surface area contributed by atoms with E-state index in [1.165, 1.54) is 0 Å². The molecule has 6 nitrogen and oxygen atoms in total. The summed E-state index contributed by atoms with van der Waals surface area (Å²) < 4.78 is 0. The summed E-state index contributed by atoms with van der Waals surface area (Å²) in [6.45, 7) is 7.33. The van der Waals surface area contributed by atoms with Gasteiger partial charge in [0.05, 0.1) is 12.6 Å². The maximum atomic E-state index is 12.2. The molecule has 0 aromatic heterocycles. The van der Waals surface area contributed by atoms with Gasteiger partial charge in [-0.25, -0.2) is 0 Å². The minimum atomic E-state index is -0.0178. The monoisotopic (exact) mass is 372 g/mol. The molecular formula is C13H26Cl2N4O2S. The number of nitrogens with one attached hydrogen (secondary N) is 2. The lowest BCUT2D eigenvalue weighted by Crippen LogP contribution is -2.55. The first-order valence-electron chi connectivity index (χ1n) is 7.18. The van der Waals surface area contributed by atoms with Crippen molar-refractivity contribution >= 4 is 48.4 Å². The molecule has 1 unspecified atom stereocenters. The van der Waals surface area contributed by atoms with Crippen LogP contribution in [0.5, 0.6) is 0 Å². The van der Waals surface area contributed by atoms with Gasteiger partial charge in [-0.1, -0.05) is 0 Å². The van der Waals surface area contributed by atoms with Crippen molar-refractivity contribution in [2.24, 2.45) is 0 Å². The van der Waals surface area contributed by atoms with E-state index in [2.05, 4.69) is 15.5 Å². The Kier molecular flexibility index (Phi) is 10.4. The van der Waals surface area contributed by atoms with Crippen LogP contribution in [0, 0.1) is 0 Å². The predicted octanol–water partition coefficient (Wildman–Crippen LogP) is 0.161. The highest BCUT2D eigenvalue weighted by Gasteiger charge is 2.29. The molecule has 0 aromatic carbocycles. The lowest BCUT2D eigenvalue weighted by molar-refractivity contribution is -0.134. The van der Waals surface area contributed by atoms with E-state index in [0.29, 0.717) is 6.54 Å². The fraction of sp³-hybridized carbons (Fsp3) is 0.846. The van der Waals surface area contributed by atoms with Crippen LogP contribution in [0.4, 0.5) is 0 Å².